The highest BCUT2D eigenvalue weighted by molar-refractivity contribution is 6.23. The number of fused-ring (bicyclic) bond motifs is 5. The molecule has 0 N–H and O–H groups in total. The fourth-order valence-electron chi connectivity index (χ4n) is 3.35. The Balaban J connectivity index is 1.80. The molecule has 0 saturated carbocycles. The van der Waals surface area contributed by atoms with Crippen LogP contribution in [-0.2, 0) is 14.3 Å². The highest BCUT2D eigenvalue weighted by atomic mass is 16.6. The van der Waals surface area contributed by atoms with Gasteiger partial charge >= 0.3 is 0 Å². The molecule has 106 valence electrons. The van der Waals surface area contributed by atoms with Crippen molar-refractivity contribution in [2.45, 2.75) is 12.2 Å². The Bertz CT molecular complexity index is 683. The van der Waals surface area contributed by atoms with Gasteiger partial charge < -0.3 is 4.74 Å². The molecule has 1 aromatic rings. The van der Waals surface area contributed by atoms with Gasteiger partial charge in [0.25, 0.3) is 5.69 Å². The number of hydrogen-bond acceptors (Lipinski definition) is 5. The third kappa shape index (κ3) is 1.46. The zero-order chi connectivity index (χ0) is 14.7. The summed E-state index contributed by atoms with van der Waals surface area (Å²) in [7, 11) is 0. The average Bonchev–Trinajstić information content (AvgIpc) is 3.13. The van der Waals surface area contributed by atoms with E-state index in [9.17, 15) is 19.7 Å². The molecule has 7 nitrogen and oxygen atoms in total. The highest BCUT2D eigenvalue weighted by Crippen LogP contribution is 2.47. The van der Waals surface area contributed by atoms with E-state index < -0.39 is 40.8 Å². The fourth-order valence-corrected chi connectivity index (χ4v) is 3.35. The number of amides is 2. The van der Waals surface area contributed by atoms with Crippen molar-refractivity contribution in [1.82, 2.24) is 0 Å². The van der Waals surface area contributed by atoms with E-state index in [1.54, 1.807) is 18.2 Å². The van der Waals surface area contributed by atoms with Gasteiger partial charge in [-0.3, -0.25) is 19.7 Å². The number of ether oxygens (including phenoxy) is 1. The van der Waals surface area contributed by atoms with Crippen LogP contribution in [0.25, 0.3) is 0 Å². The summed E-state index contributed by atoms with van der Waals surface area (Å²) in [6.45, 7) is 0. The van der Waals surface area contributed by atoms with Crippen molar-refractivity contribution in [3.05, 3.63) is 46.5 Å². The first-order valence-corrected chi connectivity index (χ1v) is 6.54. The number of para-hydroxylation sites is 2. The van der Waals surface area contributed by atoms with Crippen molar-refractivity contribution in [3.63, 3.8) is 0 Å². The molecule has 7 heteroatoms. The van der Waals surface area contributed by atoms with E-state index in [-0.39, 0.29) is 11.4 Å². The van der Waals surface area contributed by atoms with Crippen LogP contribution in [-0.4, -0.2) is 28.9 Å². The third-order valence-corrected chi connectivity index (χ3v) is 4.23. The van der Waals surface area contributed by atoms with E-state index >= 15 is 0 Å². The summed E-state index contributed by atoms with van der Waals surface area (Å²) in [4.78, 5) is 36.5. The maximum absolute atomic E-state index is 12.5. The molecule has 2 bridgehead atoms. The molecule has 0 spiro atoms. The van der Waals surface area contributed by atoms with Crippen molar-refractivity contribution in [3.8, 4) is 0 Å². The molecule has 2 saturated heterocycles. The Hall–Kier alpha value is -2.54. The maximum Gasteiger partial charge on any atom is 0.293 e. The van der Waals surface area contributed by atoms with E-state index in [1.807, 2.05) is 0 Å². The molecule has 0 unspecified atom stereocenters. The summed E-state index contributed by atoms with van der Waals surface area (Å²) in [6.07, 6.45) is 2.76. The maximum atomic E-state index is 12.5. The van der Waals surface area contributed by atoms with Crippen LogP contribution in [0, 0.1) is 22.0 Å². The number of anilines is 1. The zero-order valence-corrected chi connectivity index (χ0v) is 10.7. The van der Waals surface area contributed by atoms with Gasteiger partial charge in [0.1, 0.15) is 5.69 Å². The van der Waals surface area contributed by atoms with Gasteiger partial charge in [0.2, 0.25) is 11.8 Å². The van der Waals surface area contributed by atoms with Gasteiger partial charge in [-0.2, -0.15) is 0 Å². The predicted octanol–water partition coefficient (Wildman–Crippen LogP) is 1.04. The topological polar surface area (TPSA) is 89.8 Å². The average molecular weight is 286 g/mol. The van der Waals surface area contributed by atoms with Crippen LogP contribution in [0.3, 0.4) is 0 Å². The fraction of sp³-hybridized carbons (Fsp3) is 0.286. The second kappa shape index (κ2) is 3.98. The molecule has 21 heavy (non-hydrogen) atoms. The number of rotatable bonds is 2. The lowest BCUT2D eigenvalue weighted by atomic mass is 9.85. The quantitative estimate of drug-likeness (QED) is 0.350. The van der Waals surface area contributed by atoms with Gasteiger partial charge in [-0.15, -0.1) is 0 Å². The first-order valence-electron chi connectivity index (χ1n) is 6.54. The van der Waals surface area contributed by atoms with Gasteiger partial charge in [0.15, 0.2) is 0 Å². The summed E-state index contributed by atoms with van der Waals surface area (Å²) in [6, 6.07) is 5.78. The third-order valence-electron chi connectivity index (χ3n) is 4.23. The number of nitro benzene ring substituents is 1. The van der Waals surface area contributed by atoms with Crippen LogP contribution >= 0.6 is 0 Å². The second-order valence-corrected chi connectivity index (χ2v) is 5.26. The van der Waals surface area contributed by atoms with Gasteiger partial charge in [-0.1, -0.05) is 24.3 Å². The Kier molecular flexibility index (Phi) is 2.32. The number of nitrogens with zero attached hydrogens (tertiary/aromatic N) is 2. The van der Waals surface area contributed by atoms with Crippen LogP contribution in [0.1, 0.15) is 0 Å². The van der Waals surface area contributed by atoms with Crippen molar-refractivity contribution in [2.24, 2.45) is 11.8 Å². The number of benzene rings is 1. The Labute approximate surface area is 118 Å². The zero-order valence-electron chi connectivity index (χ0n) is 10.7. The molecular weight excluding hydrogens is 276 g/mol. The summed E-state index contributed by atoms with van der Waals surface area (Å²) in [5, 5.41) is 11.1. The number of nitro groups is 1. The summed E-state index contributed by atoms with van der Waals surface area (Å²) in [5.74, 6) is -1.97. The Morgan fingerprint density at radius 1 is 1.05 bits per heavy atom. The lowest BCUT2D eigenvalue weighted by Crippen LogP contribution is -2.34. The van der Waals surface area contributed by atoms with Gasteiger partial charge in [0.05, 0.1) is 29.0 Å². The van der Waals surface area contributed by atoms with Crippen LogP contribution in [0.15, 0.2) is 36.4 Å². The molecule has 2 fully saturated rings. The smallest absolute Gasteiger partial charge is 0.293 e. The van der Waals surface area contributed by atoms with Crippen LogP contribution in [0.4, 0.5) is 11.4 Å². The minimum atomic E-state index is -0.590. The van der Waals surface area contributed by atoms with Crippen molar-refractivity contribution in [1.29, 1.82) is 0 Å². The van der Waals surface area contributed by atoms with Gasteiger partial charge in [-0.05, 0) is 6.07 Å². The largest absolute Gasteiger partial charge is 0.365 e. The first kappa shape index (κ1) is 12.2. The standard InChI is InChI=1S/C14H10N2O5/c17-13-11-9-5-6-10(21-9)12(11)14(18)15(13)7-3-1-2-4-8(7)16(19)20/h1-6,9-12H/t9-,10-,11-,12+/m0/s1. The molecule has 3 heterocycles. The Morgan fingerprint density at radius 2 is 1.62 bits per heavy atom. The molecular formula is C14H10N2O5. The number of carbonyl (C=O) groups is 2. The van der Waals surface area contributed by atoms with Crippen molar-refractivity contribution >= 4 is 23.2 Å². The monoisotopic (exact) mass is 286 g/mol. The van der Waals surface area contributed by atoms with Crippen molar-refractivity contribution in [2.75, 3.05) is 4.90 Å². The number of hydrogen-bond donors (Lipinski definition) is 0. The van der Waals surface area contributed by atoms with Crippen LogP contribution in [0.2, 0.25) is 0 Å². The van der Waals surface area contributed by atoms with Crippen molar-refractivity contribution < 1.29 is 19.2 Å². The summed E-state index contributed by atoms with van der Waals surface area (Å²) >= 11 is 0. The molecule has 3 aliphatic rings. The van der Waals surface area contributed by atoms with E-state index in [1.165, 1.54) is 18.2 Å². The molecule has 0 aliphatic carbocycles. The lowest BCUT2D eigenvalue weighted by molar-refractivity contribution is -0.384. The normalized spacial score (nSPS) is 32.9. The molecule has 1 aromatic carbocycles. The minimum absolute atomic E-state index is 0.0336. The summed E-state index contributed by atoms with van der Waals surface area (Å²) < 4.78 is 5.53. The number of carbonyl (C=O) groups excluding carboxylic acids is 2. The molecule has 2 amide bonds. The minimum Gasteiger partial charge on any atom is -0.365 e. The molecule has 0 radical (unpaired) electrons. The van der Waals surface area contributed by atoms with E-state index in [4.69, 9.17) is 4.74 Å². The lowest BCUT2D eigenvalue weighted by Gasteiger charge is -2.17. The van der Waals surface area contributed by atoms with E-state index in [0.717, 1.165) is 4.90 Å². The van der Waals surface area contributed by atoms with E-state index in [0.29, 0.717) is 0 Å². The second-order valence-electron chi connectivity index (χ2n) is 5.26. The molecule has 4 atom stereocenters. The van der Waals surface area contributed by atoms with Gasteiger partial charge in [0, 0.05) is 6.07 Å². The predicted molar refractivity (Wildman–Crippen MR) is 70.4 cm³/mol. The number of imide groups is 1. The van der Waals surface area contributed by atoms with Crippen LogP contribution < -0.4 is 4.90 Å². The first-order chi connectivity index (χ1) is 10.1. The molecule has 0 aromatic heterocycles. The Morgan fingerprint density at radius 3 is 2.19 bits per heavy atom. The molecule has 3 aliphatic heterocycles. The molecule has 4 rings (SSSR count). The SMILES string of the molecule is O=C1[C@@H]2[C@H](C(=O)N1c1ccccc1[N+](=O)[O-])[C@@H]1C=C[C@@H]2O1. The van der Waals surface area contributed by atoms with Crippen LogP contribution in [0.5, 0.6) is 0 Å². The summed E-state index contributed by atoms with van der Waals surface area (Å²) in [5.41, 5.74) is -0.216. The van der Waals surface area contributed by atoms with E-state index in [2.05, 4.69) is 0 Å². The highest BCUT2D eigenvalue weighted by Gasteiger charge is 2.61. The van der Waals surface area contributed by atoms with Gasteiger partial charge in [-0.25, -0.2) is 4.90 Å².